The molecular formula is C14H17ClN2O2S. The highest BCUT2D eigenvalue weighted by Crippen LogP contribution is 2.34. The summed E-state index contributed by atoms with van der Waals surface area (Å²) in [5.41, 5.74) is 4.81. The molecule has 1 heterocycles. The van der Waals surface area contributed by atoms with Crippen LogP contribution in [0.5, 0.6) is 0 Å². The van der Waals surface area contributed by atoms with Crippen LogP contribution < -0.4 is 10.9 Å². The van der Waals surface area contributed by atoms with Crippen molar-refractivity contribution in [3.8, 4) is 0 Å². The number of hydrazine groups is 1. The maximum Gasteiger partial charge on any atom is 0.422 e. The van der Waals surface area contributed by atoms with Crippen molar-refractivity contribution in [2.75, 3.05) is 0 Å². The van der Waals surface area contributed by atoms with Gasteiger partial charge in [0.05, 0.1) is 11.6 Å². The molecule has 20 heavy (non-hydrogen) atoms. The first-order valence-electron chi connectivity index (χ1n) is 6.24. The minimum atomic E-state index is -0.513. The quantitative estimate of drug-likeness (QED) is 0.839. The van der Waals surface area contributed by atoms with Crippen LogP contribution in [0.3, 0.4) is 0 Å². The Morgan fingerprint density at radius 1 is 1.35 bits per heavy atom. The highest BCUT2D eigenvalue weighted by Gasteiger charge is 2.16. The first kappa shape index (κ1) is 15.1. The van der Waals surface area contributed by atoms with E-state index in [4.69, 9.17) is 16.3 Å². The highest BCUT2D eigenvalue weighted by molar-refractivity contribution is 7.19. The molecule has 108 valence electrons. The van der Waals surface area contributed by atoms with E-state index in [0.717, 1.165) is 20.0 Å². The second kappa shape index (κ2) is 5.99. The molecule has 0 saturated carbocycles. The average Bonchev–Trinajstić information content (AvgIpc) is 2.65. The van der Waals surface area contributed by atoms with Gasteiger partial charge < -0.3 is 4.74 Å². The monoisotopic (exact) mass is 312 g/mol. The summed E-state index contributed by atoms with van der Waals surface area (Å²) in [6.07, 6.45) is -0.505. The van der Waals surface area contributed by atoms with Crippen LogP contribution in [0, 0.1) is 0 Å². The third kappa shape index (κ3) is 3.85. The van der Waals surface area contributed by atoms with Crippen LogP contribution >= 0.6 is 22.9 Å². The largest absolute Gasteiger partial charge is 0.443 e. The molecule has 0 aliphatic carbocycles. The van der Waals surface area contributed by atoms with Gasteiger partial charge in [-0.05, 0) is 26.8 Å². The molecule has 1 aromatic carbocycles. The summed E-state index contributed by atoms with van der Waals surface area (Å²) in [4.78, 5) is 12.5. The number of carbonyl (C=O) groups excluding carboxylic acids is 1. The number of hydrogen-bond acceptors (Lipinski definition) is 4. The number of nitrogens with one attached hydrogen (secondary N) is 2. The normalized spacial score (nSPS) is 11.6. The molecule has 2 rings (SSSR count). The molecule has 1 amide bonds. The molecule has 4 nitrogen and oxygen atoms in total. The van der Waals surface area contributed by atoms with E-state index < -0.39 is 11.7 Å². The van der Waals surface area contributed by atoms with Gasteiger partial charge in [-0.3, -0.25) is 5.43 Å². The summed E-state index contributed by atoms with van der Waals surface area (Å²) in [5.74, 6) is 0. The molecule has 2 N–H and O–H groups in total. The lowest BCUT2D eigenvalue weighted by Gasteiger charge is -2.19. The zero-order valence-corrected chi connectivity index (χ0v) is 13.2. The first-order valence-corrected chi connectivity index (χ1v) is 7.44. The maximum atomic E-state index is 11.5. The lowest BCUT2D eigenvalue weighted by atomic mass is 10.2. The number of rotatable bonds is 3. The van der Waals surface area contributed by atoms with E-state index in [2.05, 4.69) is 10.9 Å². The number of hydrogen-bond donors (Lipinski definition) is 2. The van der Waals surface area contributed by atoms with Crippen LogP contribution in [-0.2, 0) is 11.3 Å². The van der Waals surface area contributed by atoms with Crippen molar-refractivity contribution >= 4 is 39.1 Å². The predicted octanol–water partition coefficient (Wildman–Crippen LogP) is 4.08. The second-order valence-electron chi connectivity index (χ2n) is 5.32. The number of amides is 1. The Bertz CT molecular complexity index is 619. The maximum absolute atomic E-state index is 11.5. The molecule has 6 heteroatoms. The Kier molecular flexibility index (Phi) is 4.52. The molecular weight excluding hydrogens is 296 g/mol. The van der Waals surface area contributed by atoms with Gasteiger partial charge in [-0.15, -0.1) is 11.3 Å². The average molecular weight is 313 g/mol. The number of carbonyl (C=O) groups is 1. The molecule has 1 aromatic heterocycles. The number of benzene rings is 1. The zero-order chi connectivity index (χ0) is 14.8. The zero-order valence-electron chi connectivity index (χ0n) is 11.6. The Hall–Kier alpha value is -1.30. The molecule has 0 radical (unpaired) electrons. The molecule has 0 atom stereocenters. The Morgan fingerprint density at radius 3 is 2.70 bits per heavy atom. The van der Waals surface area contributed by atoms with Gasteiger partial charge in [0.1, 0.15) is 5.60 Å². The van der Waals surface area contributed by atoms with E-state index >= 15 is 0 Å². The summed E-state index contributed by atoms with van der Waals surface area (Å²) in [7, 11) is 0. The standard InChI is InChI=1S/C14H17ClN2O2S/c1-14(2,3)19-13(18)17-16-8-11-12(15)9-6-4-5-7-10(9)20-11/h4-7,16H,8H2,1-3H3,(H,17,18). The van der Waals surface area contributed by atoms with Crippen molar-refractivity contribution in [2.24, 2.45) is 0 Å². The second-order valence-corrected chi connectivity index (χ2v) is 6.83. The van der Waals surface area contributed by atoms with E-state index in [0.29, 0.717) is 6.54 Å². The predicted molar refractivity (Wildman–Crippen MR) is 83.0 cm³/mol. The van der Waals surface area contributed by atoms with E-state index in [9.17, 15) is 4.79 Å². The van der Waals surface area contributed by atoms with Crippen molar-refractivity contribution in [2.45, 2.75) is 32.9 Å². The van der Waals surface area contributed by atoms with Crippen molar-refractivity contribution in [1.29, 1.82) is 0 Å². The third-order valence-corrected chi connectivity index (χ3v) is 4.15. The van der Waals surface area contributed by atoms with Crippen LogP contribution in [-0.4, -0.2) is 11.7 Å². The summed E-state index contributed by atoms with van der Waals surface area (Å²) < 4.78 is 6.25. The summed E-state index contributed by atoms with van der Waals surface area (Å²) in [6.45, 7) is 5.90. The highest BCUT2D eigenvalue weighted by atomic mass is 35.5. The van der Waals surface area contributed by atoms with Crippen LogP contribution in [0.4, 0.5) is 4.79 Å². The van der Waals surface area contributed by atoms with E-state index in [-0.39, 0.29) is 0 Å². The number of halogens is 1. The van der Waals surface area contributed by atoms with Crippen LogP contribution in [0.2, 0.25) is 5.02 Å². The van der Waals surface area contributed by atoms with Crippen molar-refractivity contribution < 1.29 is 9.53 Å². The lowest BCUT2D eigenvalue weighted by Crippen LogP contribution is -2.40. The van der Waals surface area contributed by atoms with Crippen molar-refractivity contribution in [3.63, 3.8) is 0 Å². The third-order valence-electron chi connectivity index (χ3n) is 2.44. The summed E-state index contributed by atoms with van der Waals surface area (Å²) >= 11 is 7.91. The fourth-order valence-corrected chi connectivity index (χ4v) is 3.12. The molecule has 0 fully saturated rings. The summed E-state index contributed by atoms with van der Waals surface area (Å²) in [5, 5.41) is 1.76. The molecule has 0 saturated heterocycles. The fraction of sp³-hybridized carbons (Fsp3) is 0.357. The van der Waals surface area contributed by atoms with E-state index in [1.54, 1.807) is 11.3 Å². The van der Waals surface area contributed by atoms with Crippen molar-refractivity contribution in [1.82, 2.24) is 10.9 Å². The topological polar surface area (TPSA) is 50.4 Å². The minimum Gasteiger partial charge on any atom is -0.443 e. The van der Waals surface area contributed by atoms with Gasteiger partial charge in [0, 0.05) is 15.0 Å². The first-order chi connectivity index (χ1) is 9.37. The van der Waals surface area contributed by atoms with E-state index in [1.165, 1.54) is 0 Å². The minimum absolute atomic E-state index is 0.456. The SMILES string of the molecule is CC(C)(C)OC(=O)NNCc1sc2ccccc2c1Cl. The van der Waals surface area contributed by atoms with Gasteiger partial charge in [0.2, 0.25) is 0 Å². The molecule has 0 aliphatic heterocycles. The van der Waals surface area contributed by atoms with Gasteiger partial charge >= 0.3 is 6.09 Å². The van der Waals surface area contributed by atoms with Gasteiger partial charge in [-0.25, -0.2) is 10.2 Å². The van der Waals surface area contributed by atoms with Gasteiger partial charge in [-0.2, -0.15) is 0 Å². The lowest BCUT2D eigenvalue weighted by molar-refractivity contribution is 0.0497. The van der Waals surface area contributed by atoms with Gasteiger partial charge in [0.25, 0.3) is 0 Å². The number of ether oxygens (including phenoxy) is 1. The molecule has 0 unspecified atom stereocenters. The number of thiophene rings is 1. The van der Waals surface area contributed by atoms with Gasteiger partial charge in [-0.1, -0.05) is 29.8 Å². The molecule has 2 aromatic rings. The Balaban J connectivity index is 1.93. The van der Waals surface area contributed by atoms with Crippen LogP contribution in [0.25, 0.3) is 10.1 Å². The number of fused-ring (bicyclic) bond motifs is 1. The smallest absolute Gasteiger partial charge is 0.422 e. The molecule has 0 aliphatic rings. The molecule has 0 bridgehead atoms. The summed E-state index contributed by atoms with van der Waals surface area (Å²) in [6, 6.07) is 7.94. The van der Waals surface area contributed by atoms with E-state index in [1.807, 2.05) is 45.0 Å². The fourth-order valence-electron chi connectivity index (χ4n) is 1.68. The van der Waals surface area contributed by atoms with Crippen molar-refractivity contribution in [3.05, 3.63) is 34.2 Å². The Labute approximate surface area is 127 Å². The van der Waals surface area contributed by atoms with Crippen LogP contribution in [0.1, 0.15) is 25.6 Å². The molecule has 0 spiro atoms. The van der Waals surface area contributed by atoms with Crippen LogP contribution in [0.15, 0.2) is 24.3 Å². The van der Waals surface area contributed by atoms with Gasteiger partial charge in [0.15, 0.2) is 0 Å². The Morgan fingerprint density at radius 2 is 2.05 bits per heavy atom.